The Hall–Kier alpha value is -6.78. The zero-order chi connectivity index (χ0) is 32.8. The first-order valence-electron chi connectivity index (χ1n) is 16.8. The van der Waals surface area contributed by atoms with Gasteiger partial charge in [-0.25, -0.2) is 4.98 Å². The van der Waals surface area contributed by atoms with Gasteiger partial charge in [0, 0.05) is 43.6 Å². The van der Waals surface area contributed by atoms with Crippen molar-refractivity contribution in [3.05, 3.63) is 158 Å². The fourth-order valence-electron chi connectivity index (χ4n) is 7.81. The Bertz CT molecular complexity index is 3120. The van der Waals surface area contributed by atoms with Gasteiger partial charge in [0.05, 0.1) is 28.3 Å². The maximum absolute atomic E-state index is 6.93. The third-order valence-corrected chi connectivity index (χ3v) is 10.1. The molecule has 0 saturated heterocycles. The molecule has 0 amide bonds. The molecule has 0 saturated carbocycles. The van der Waals surface area contributed by atoms with Gasteiger partial charge in [0.15, 0.2) is 0 Å². The second-order valence-corrected chi connectivity index (χ2v) is 12.9. The lowest BCUT2D eigenvalue weighted by Gasteiger charge is -2.11. The minimum absolute atomic E-state index is 0.820. The molecular weight excluding hydrogens is 613 g/mol. The molecule has 3 heterocycles. The van der Waals surface area contributed by atoms with Crippen LogP contribution in [0.1, 0.15) is 0 Å². The minimum atomic E-state index is 0.820. The molecule has 232 valence electrons. The van der Waals surface area contributed by atoms with Crippen LogP contribution in [-0.4, -0.2) is 9.97 Å². The van der Waals surface area contributed by atoms with Gasteiger partial charge in [-0.2, -0.15) is 0 Å². The molecule has 50 heavy (non-hydrogen) atoms. The van der Waals surface area contributed by atoms with Crippen LogP contribution in [0.5, 0.6) is 0 Å². The second kappa shape index (κ2) is 10.4. The monoisotopic (exact) mass is 638 g/mol. The highest BCUT2D eigenvalue weighted by atomic mass is 16.3. The average molecular weight is 639 g/mol. The fraction of sp³-hybridized carbons (Fsp3) is 0. The van der Waals surface area contributed by atoms with Gasteiger partial charge in [-0.1, -0.05) is 133 Å². The Labute approximate surface area is 285 Å². The van der Waals surface area contributed by atoms with E-state index >= 15 is 0 Å². The highest BCUT2D eigenvalue weighted by Crippen LogP contribution is 2.46. The molecule has 11 rings (SSSR count). The van der Waals surface area contributed by atoms with Crippen LogP contribution in [0.25, 0.3) is 110 Å². The predicted octanol–water partition coefficient (Wildman–Crippen LogP) is 12.7. The van der Waals surface area contributed by atoms with E-state index in [2.05, 4.69) is 133 Å². The fourth-order valence-corrected chi connectivity index (χ4v) is 7.81. The number of fused-ring (bicyclic) bond motifs is 13. The van der Waals surface area contributed by atoms with E-state index in [1.54, 1.807) is 0 Å². The molecule has 0 bridgehead atoms. The van der Waals surface area contributed by atoms with Gasteiger partial charge in [0.1, 0.15) is 22.3 Å². The molecule has 4 heteroatoms. The minimum Gasteiger partial charge on any atom is -0.455 e. The Balaban J connectivity index is 1.14. The second-order valence-electron chi connectivity index (χ2n) is 12.9. The molecule has 8 aromatic carbocycles. The molecule has 0 N–H and O–H groups in total. The van der Waals surface area contributed by atoms with Gasteiger partial charge in [-0.15, -0.1) is 0 Å². The summed E-state index contributed by atoms with van der Waals surface area (Å²) in [4.78, 5) is 10.3. The van der Waals surface area contributed by atoms with Crippen LogP contribution in [-0.2, 0) is 0 Å². The first kappa shape index (κ1) is 27.2. The third-order valence-electron chi connectivity index (χ3n) is 10.1. The lowest BCUT2D eigenvalue weighted by Crippen LogP contribution is -1.92. The number of nitrogens with zero attached hydrogens (tertiary/aromatic N) is 2. The van der Waals surface area contributed by atoms with Gasteiger partial charge in [-0.3, -0.25) is 4.98 Å². The zero-order valence-corrected chi connectivity index (χ0v) is 26.7. The summed E-state index contributed by atoms with van der Waals surface area (Å²) >= 11 is 0. The van der Waals surface area contributed by atoms with Gasteiger partial charge in [-0.05, 0) is 40.1 Å². The van der Waals surface area contributed by atoms with Crippen LogP contribution >= 0.6 is 0 Å². The summed E-state index contributed by atoms with van der Waals surface area (Å²) in [6, 6.07) is 52.7. The van der Waals surface area contributed by atoms with E-state index in [0.717, 1.165) is 99.2 Å². The molecular formula is C46H26N2O2. The SMILES string of the molecule is c1ccc(-c2cc3c4ccccc4oc3c3c2oc2c(-c4cccc(-c5cnc6c7ccccc7c7ccccc7c6n5)c4)cccc23)cc1. The van der Waals surface area contributed by atoms with Gasteiger partial charge in [0.2, 0.25) is 0 Å². The summed E-state index contributed by atoms with van der Waals surface area (Å²) in [6.07, 6.45) is 1.90. The van der Waals surface area contributed by atoms with Crippen molar-refractivity contribution in [3.8, 4) is 33.5 Å². The third kappa shape index (κ3) is 3.87. The molecule has 0 aliphatic heterocycles. The van der Waals surface area contributed by atoms with Crippen molar-refractivity contribution in [2.24, 2.45) is 0 Å². The standard InChI is InChI=1S/C46H26N2O2/c1-2-12-27(13-3-1)37-25-38-33-18-8-9-23-40(33)49-46(38)41-36-22-11-21-30(44(36)50-45(37)41)28-14-10-15-29(24-28)39-26-47-42-34-19-6-4-16-31(34)32-17-5-7-20-35(32)43(42)48-39/h1-26H. The molecule has 0 radical (unpaired) electrons. The number of hydrogen-bond acceptors (Lipinski definition) is 4. The average Bonchev–Trinajstić information content (AvgIpc) is 3.77. The number of benzene rings is 8. The molecule has 0 fully saturated rings. The number of para-hydroxylation sites is 2. The molecule has 0 unspecified atom stereocenters. The van der Waals surface area contributed by atoms with Crippen LogP contribution in [0.2, 0.25) is 0 Å². The van der Waals surface area contributed by atoms with Crippen LogP contribution in [0.3, 0.4) is 0 Å². The van der Waals surface area contributed by atoms with Crippen molar-refractivity contribution in [2.45, 2.75) is 0 Å². The van der Waals surface area contributed by atoms with Crippen molar-refractivity contribution in [1.29, 1.82) is 0 Å². The van der Waals surface area contributed by atoms with Crippen LogP contribution in [0.15, 0.2) is 167 Å². The highest BCUT2D eigenvalue weighted by molar-refractivity contribution is 6.26. The van der Waals surface area contributed by atoms with Crippen molar-refractivity contribution < 1.29 is 8.83 Å². The van der Waals surface area contributed by atoms with Gasteiger partial charge >= 0.3 is 0 Å². The summed E-state index contributed by atoms with van der Waals surface area (Å²) < 4.78 is 13.5. The van der Waals surface area contributed by atoms with Crippen LogP contribution in [0, 0.1) is 0 Å². The number of aromatic nitrogens is 2. The van der Waals surface area contributed by atoms with Crippen molar-refractivity contribution in [1.82, 2.24) is 9.97 Å². The topological polar surface area (TPSA) is 52.1 Å². The van der Waals surface area contributed by atoms with E-state index in [-0.39, 0.29) is 0 Å². The lowest BCUT2D eigenvalue weighted by molar-refractivity contribution is 0.664. The molecule has 0 atom stereocenters. The Morgan fingerprint density at radius 2 is 1.02 bits per heavy atom. The maximum Gasteiger partial charge on any atom is 0.147 e. The van der Waals surface area contributed by atoms with E-state index < -0.39 is 0 Å². The molecule has 4 nitrogen and oxygen atoms in total. The van der Waals surface area contributed by atoms with Crippen LogP contribution < -0.4 is 0 Å². The number of rotatable bonds is 3. The first-order chi connectivity index (χ1) is 24.8. The van der Waals surface area contributed by atoms with Gasteiger partial charge in [0.25, 0.3) is 0 Å². The quantitative estimate of drug-likeness (QED) is 0.181. The Morgan fingerprint density at radius 3 is 1.84 bits per heavy atom. The predicted molar refractivity (Wildman–Crippen MR) is 205 cm³/mol. The maximum atomic E-state index is 6.93. The number of hydrogen-bond donors (Lipinski definition) is 0. The highest BCUT2D eigenvalue weighted by Gasteiger charge is 2.22. The molecule has 11 aromatic rings. The van der Waals surface area contributed by atoms with Gasteiger partial charge < -0.3 is 8.83 Å². The van der Waals surface area contributed by atoms with E-state index in [4.69, 9.17) is 18.8 Å². The van der Waals surface area contributed by atoms with E-state index in [9.17, 15) is 0 Å². The summed E-state index contributed by atoms with van der Waals surface area (Å²) in [6.45, 7) is 0. The van der Waals surface area contributed by atoms with Crippen molar-refractivity contribution >= 4 is 76.5 Å². The summed E-state index contributed by atoms with van der Waals surface area (Å²) in [5.74, 6) is 0. The van der Waals surface area contributed by atoms with E-state index in [1.165, 1.54) is 10.8 Å². The molecule has 3 aromatic heterocycles. The summed E-state index contributed by atoms with van der Waals surface area (Å²) in [5, 5.41) is 8.77. The van der Waals surface area contributed by atoms with E-state index in [1.807, 2.05) is 24.4 Å². The smallest absolute Gasteiger partial charge is 0.147 e. The summed E-state index contributed by atoms with van der Waals surface area (Å²) in [7, 11) is 0. The lowest BCUT2D eigenvalue weighted by atomic mass is 9.97. The normalized spacial score (nSPS) is 12.0. The largest absolute Gasteiger partial charge is 0.455 e. The molecule has 0 aliphatic carbocycles. The Kier molecular flexibility index (Phi) is 5.63. The Morgan fingerprint density at radius 1 is 0.380 bits per heavy atom. The van der Waals surface area contributed by atoms with Crippen LogP contribution in [0.4, 0.5) is 0 Å². The molecule has 0 spiro atoms. The van der Waals surface area contributed by atoms with Crippen molar-refractivity contribution in [2.75, 3.05) is 0 Å². The summed E-state index contributed by atoms with van der Waals surface area (Å²) in [5.41, 5.74) is 11.2. The van der Waals surface area contributed by atoms with E-state index in [0.29, 0.717) is 0 Å². The zero-order valence-electron chi connectivity index (χ0n) is 26.7. The molecule has 0 aliphatic rings. The van der Waals surface area contributed by atoms with Crippen molar-refractivity contribution in [3.63, 3.8) is 0 Å². The first-order valence-corrected chi connectivity index (χ1v) is 16.8. The number of furan rings is 2.